The number of aliphatic hydroxyl groups excluding tert-OH is 2. The predicted molar refractivity (Wildman–Crippen MR) is 108 cm³/mol. The van der Waals surface area contributed by atoms with Gasteiger partial charge in [0.05, 0.1) is 21.9 Å². The summed E-state index contributed by atoms with van der Waals surface area (Å²) >= 11 is 1.43. The first-order chi connectivity index (χ1) is 14.3. The van der Waals surface area contributed by atoms with Gasteiger partial charge in [0.15, 0.2) is 0 Å². The van der Waals surface area contributed by atoms with Gasteiger partial charge in [0.25, 0.3) is 0 Å². The maximum Gasteiger partial charge on any atom is 0.405 e. The molecule has 0 radical (unpaired) electrons. The molecule has 1 fully saturated rings. The van der Waals surface area contributed by atoms with Gasteiger partial charge in [-0.25, -0.2) is 9.97 Å². The highest BCUT2D eigenvalue weighted by Gasteiger charge is 2.33. The number of halogens is 3. The van der Waals surface area contributed by atoms with E-state index in [2.05, 4.69) is 25.6 Å². The van der Waals surface area contributed by atoms with Crippen LogP contribution in [0.1, 0.15) is 12.8 Å². The number of nitrogens with zero attached hydrogens (tertiary/aromatic N) is 3. The van der Waals surface area contributed by atoms with Gasteiger partial charge in [-0.05, 0) is 25.0 Å². The molecule has 1 aliphatic carbocycles. The van der Waals surface area contributed by atoms with Gasteiger partial charge < -0.3 is 20.8 Å². The lowest BCUT2D eigenvalue weighted by molar-refractivity contribution is -0.115. The molecule has 3 atom stereocenters. The van der Waals surface area contributed by atoms with Crippen molar-refractivity contribution in [3.05, 3.63) is 30.5 Å². The largest absolute Gasteiger partial charge is 0.405 e. The van der Waals surface area contributed by atoms with Gasteiger partial charge in [-0.15, -0.1) is 11.3 Å². The van der Waals surface area contributed by atoms with E-state index in [1.54, 1.807) is 0 Å². The second-order valence-electron chi connectivity index (χ2n) is 7.23. The van der Waals surface area contributed by atoms with Crippen LogP contribution in [0.2, 0.25) is 0 Å². The molecular weight excluding hydrogens is 419 g/mol. The molecule has 0 unspecified atom stereocenters. The average Bonchev–Trinajstić information content (AvgIpc) is 3.28. The molecule has 2 heterocycles. The lowest BCUT2D eigenvalue weighted by atomic mass is 10.1. The van der Waals surface area contributed by atoms with Gasteiger partial charge in [0.1, 0.15) is 17.4 Å². The van der Waals surface area contributed by atoms with Gasteiger partial charge in [-0.2, -0.15) is 18.2 Å². The summed E-state index contributed by atoms with van der Waals surface area (Å²) in [6, 6.07) is 7.40. The molecule has 4 N–H and O–H groups in total. The summed E-state index contributed by atoms with van der Waals surface area (Å²) in [5.74, 6) is -0.0699. The van der Waals surface area contributed by atoms with Crippen molar-refractivity contribution >= 4 is 33.3 Å². The zero-order chi connectivity index (χ0) is 21.3. The lowest BCUT2D eigenvalue weighted by Gasteiger charge is -2.17. The molecule has 30 heavy (non-hydrogen) atoms. The normalized spacial score (nSPS) is 21.8. The minimum Gasteiger partial charge on any atom is -0.396 e. The number of hydrogen-bond acceptors (Lipinski definition) is 8. The topological polar surface area (TPSA) is 103 Å². The number of nitrogens with one attached hydrogen (secondary N) is 2. The molecule has 0 saturated heterocycles. The van der Waals surface area contributed by atoms with Crippen LogP contribution in [0.25, 0.3) is 20.8 Å². The zero-order valence-electron chi connectivity index (χ0n) is 15.7. The van der Waals surface area contributed by atoms with Crippen molar-refractivity contribution in [1.29, 1.82) is 0 Å². The molecule has 1 aliphatic rings. The highest BCUT2D eigenvalue weighted by molar-refractivity contribution is 7.21. The van der Waals surface area contributed by atoms with E-state index < -0.39 is 18.8 Å². The summed E-state index contributed by atoms with van der Waals surface area (Å²) in [7, 11) is 0. The smallest absolute Gasteiger partial charge is 0.396 e. The van der Waals surface area contributed by atoms with Crippen molar-refractivity contribution in [2.24, 2.45) is 5.92 Å². The summed E-state index contributed by atoms with van der Waals surface area (Å²) < 4.78 is 38.7. The molecule has 1 aromatic carbocycles. The van der Waals surface area contributed by atoms with Gasteiger partial charge in [-0.1, -0.05) is 12.1 Å². The van der Waals surface area contributed by atoms with Crippen LogP contribution in [-0.4, -0.2) is 56.6 Å². The van der Waals surface area contributed by atoms with E-state index in [1.165, 1.54) is 17.5 Å². The Hall–Kier alpha value is -2.50. The monoisotopic (exact) mass is 439 g/mol. The number of benzene rings is 1. The third-order valence-electron chi connectivity index (χ3n) is 4.99. The fourth-order valence-electron chi connectivity index (χ4n) is 3.51. The highest BCUT2D eigenvalue weighted by Crippen LogP contribution is 2.36. The first-order valence-corrected chi connectivity index (χ1v) is 10.2. The molecule has 0 amide bonds. The molecule has 2 aromatic heterocycles. The number of rotatable bonds is 6. The first-order valence-electron chi connectivity index (χ1n) is 9.41. The van der Waals surface area contributed by atoms with E-state index >= 15 is 0 Å². The minimum absolute atomic E-state index is 0.133. The summed E-state index contributed by atoms with van der Waals surface area (Å²) in [4.78, 5) is 12.9. The first kappa shape index (κ1) is 20.8. The number of anilines is 2. The van der Waals surface area contributed by atoms with Crippen LogP contribution in [0, 0.1) is 5.92 Å². The number of para-hydroxylation sites is 1. The second kappa shape index (κ2) is 8.32. The van der Waals surface area contributed by atoms with Gasteiger partial charge in [0, 0.05) is 24.8 Å². The Labute approximate surface area is 174 Å². The summed E-state index contributed by atoms with van der Waals surface area (Å²) in [5.41, 5.74) is 1.37. The third-order valence-corrected chi connectivity index (χ3v) is 6.06. The molecule has 0 bridgehead atoms. The fraction of sp³-hybridized carbons (Fsp3) is 0.421. The summed E-state index contributed by atoms with van der Waals surface area (Å²) in [6.45, 7) is -1.38. The van der Waals surface area contributed by atoms with Crippen molar-refractivity contribution < 1.29 is 23.4 Å². The maximum absolute atomic E-state index is 12.6. The van der Waals surface area contributed by atoms with Gasteiger partial charge in [0.2, 0.25) is 5.95 Å². The maximum atomic E-state index is 12.6. The van der Waals surface area contributed by atoms with Crippen molar-refractivity contribution in [1.82, 2.24) is 15.0 Å². The molecular formula is C19H20F3N5O2S. The SMILES string of the molecule is OC[C@H]1C[C@@H](Nc2nc(NCC(F)(F)F)ncc2-c2nc3ccccc3s2)C[C@@H]1O. The van der Waals surface area contributed by atoms with E-state index in [0.717, 1.165) is 10.2 Å². The average molecular weight is 439 g/mol. The number of fused-ring (bicyclic) bond motifs is 1. The Balaban J connectivity index is 1.66. The number of thiazole rings is 1. The van der Waals surface area contributed by atoms with Crippen molar-refractivity contribution in [2.75, 3.05) is 23.8 Å². The second-order valence-corrected chi connectivity index (χ2v) is 8.26. The van der Waals surface area contributed by atoms with Crippen LogP contribution in [0.5, 0.6) is 0 Å². The molecule has 160 valence electrons. The number of hydrogen-bond donors (Lipinski definition) is 4. The molecule has 1 saturated carbocycles. The Morgan fingerprint density at radius 2 is 1.97 bits per heavy atom. The number of alkyl halides is 3. The number of aliphatic hydroxyl groups is 2. The molecule has 7 nitrogen and oxygen atoms in total. The van der Waals surface area contributed by atoms with E-state index in [-0.39, 0.29) is 24.5 Å². The number of aromatic nitrogens is 3. The Kier molecular flexibility index (Phi) is 5.76. The highest BCUT2D eigenvalue weighted by atomic mass is 32.1. The third kappa shape index (κ3) is 4.63. The van der Waals surface area contributed by atoms with Crippen molar-refractivity contribution in [3.8, 4) is 10.6 Å². The molecule has 0 aliphatic heterocycles. The predicted octanol–water partition coefficient (Wildman–Crippen LogP) is 3.27. The van der Waals surface area contributed by atoms with Crippen molar-refractivity contribution in [2.45, 2.75) is 31.2 Å². The van der Waals surface area contributed by atoms with E-state index in [0.29, 0.717) is 29.2 Å². The van der Waals surface area contributed by atoms with Crippen LogP contribution >= 0.6 is 11.3 Å². The zero-order valence-corrected chi connectivity index (χ0v) is 16.5. The Morgan fingerprint density at radius 1 is 1.17 bits per heavy atom. The quantitative estimate of drug-likeness (QED) is 0.467. The van der Waals surface area contributed by atoms with Gasteiger partial charge >= 0.3 is 6.18 Å². The van der Waals surface area contributed by atoms with E-state index in [1.807, 2.05) is 24.3 Å². The Morgan fingerprint density at radius 3 is 2.67 bits per heavy atom. The molecule has 3 aromatic rings. The summed E-state index contributed by atoms with van der Waals surface area (Å²) in [5, 5.41) is 25.5. The van der Waals surface area contributed by atoms with Crippen LogP contribution in [-0.2, 0) is 0 Å². The van der Waals surface area contributed by atoms with Crippen LogP contribution in [0.3, 0.4) is 0 Å². The molecule has 11 heteroatoms. The molecule has 0 spiro atoms. The summed E-state index contributed by atoms with van der Waals surface area (Å²) in [6.07, 6.45) is -2.68. The lowest BCUT2D eigenvalue weighted by Crippen LogP contribution is -2.23. The van der Waals surface area contributed by atoms with Crippen LogP contribution < -0.4 is 10.6 Å². The minimum atomic E-state index is -4.40. The van der Waals surface area contributed by atoms with Crippen LogP contribution in [0.4, 0.5) is 24.9 Å². The van der Waals surface area contributed by atoms with E-state index in [4.69, 9.17) is 0 Å². The van der Waals surface area contributed by atoms with Gasteiger partial charge in [-0.3, -0.25) is 0 Å². The van der Waals surface area contributed by atoms with Crippen LogP contribution in [0.15, 0.2) is 30.5 Å². The Bertz CT molecular complexity index is 996. The molecule has 4 rings (SSSR count). The van der Waals surface area contributed by atoms with E-state index in [9.17, 15) is 23.4 Å². The van der Waals surface area contributed by atoms with Crippen molar-refractivity contribution in [3.63, 3.8) is 0 Å². The standard InChI is InChI=1S/C19H20F3N5O2S/c20-19(21,22)9-24-18-23-7-12(17-26-13-3-1-2-4-15(13)30-17)16(27-18)25-11-5-10(8-28)14(29)6-11/h1-4,7,10-11,14,28-29H,5-6,8-9H2,(H2,23,24,25,27)/t10-,11-,14+/m1/s1. The fourth-order valence-corrected chi connectivity index (χ4v) is 4.49.